The Bertz CT molecular complexity index is 359. The molecule has 0 spiro atoms. The zero-order chi connectivity index (χ0) is 11.4. The first-order valence-corrected chi connectivity index (χ1v) is 4.85. The van der Waals surface area contributed by atoms with Gasteiger partial charge in [-0.25, -0.2) is 4.39 Å². The van der Waals surface area contributed by atoms with E-state index in [1.165, 1.54) is 19.2 Å². The molecule has 0 aliphatic rings. The van der Waals surface area contributed by atoms with Crippen molar-refractivity contribution in [2.24, 2.45) is 5.73 Å². The fourth-order valence-corrected chi connectivity index (χ4v) is 1.45. The number of methoxy groups -OCH3 is 1. The van der Waals surface area contributed by atoms with Crippen LogP contribution in [0.2, 0.25) is 0 Å². The highest BCUT2D eigenvalue weighted by atomic mass is 32.1. The summed E-state index contributed by atoms with van der Waals surface area (Å²) in [6, 6.07) is 5.19. The van der Waals surface area contributed by atoms with E-state index in [0.717, 1.165) is 0 Å². The van der Waals surface area contributed by atoms with Crippen molar-refractivity contribution < 1.29 is 13.9 Å². The molecule has 1 aromatic carbocycles. The average Bonchev–Trinajstić information content (AvgIpc) is 2.26. The summed E-state index contributed by atoms with van der Waals surface area (Å²) < 4.78 is 17.8. The highest BCUT2D eigenvalue weighted by Crippen LogP contribution is 2.21. The summed E-state index contributed by atoms with van der Waals surface area (Å²) in [5, 5.41) is -0.869. The summed E-state index contributed by atoms with van der Waals surface area (Å²) in [5.41, 5.74) is 5.95. The molecule has 0 aliphatic heterocycles. The van der Waals surface area contributed by atoms with Gasteiger partial charge in [0.1, 0.15) is 11.1 Å². The molecule has 1 aromatic rings. The van der Waals surface area contributed by atoms with Crippen molar-refractivity contribution in [3.05, 3.63) is 35.6 Å². The van der Waals surface area contributed by atoms with Gasteiger partial charge in [-0.3, -0.25) is 4.79 Å². The summed E-state index contributed by atoms with van der Waals surface area (Å²) in [6.45, 7) is 0. The van der Waals surface area contributed by atoms with E-state index in [0.29, 0.717) is 0 Å². The van der Waals surface area contributed by atoms with Crippen molar-refractivity contribution in [1.29, 1.82) is 0 Å². The van der Waals surface area contributed by atoms with Gasteiger partial charge in [-0.05, 0) is 6.07 Å². The van der Waals surface area contributed by atoms with Crippen LogP contribution in [0, 0.1) is 5.82 Å². The lowest BCUT2D eigenvalue weighted by Crippen LogP contribution is -2.30. The number of benzene rings is 1. The largest absolute Gasteiger partial charge is 0.468 e. The van der Waals surface area contributed by atoms with Gasteiger partial charge in [0.05, 0.1) is 13.2 Å². The Morgan fingerprint density at radius 3 is 2.67 bits per heavy atom. The Morgan fingerprint density at radius 2 is 2.13 bits per heavy atom. The van der Waals surface area contributed by atoms with Crippen molar-refractivity contribution in [1.82, 2.24) is 0 Å². The maximum atomic E-state index is 13.3. The van der Waals surface area contributed by atoms with Gasteiger partial charge < -0.3 is 10.5 Å². The van der Waals surface area contributed by atoms with Crippen LogP contribution in [0.5, 0.6) is 0 Å². The van der Waals surface area contributed by atoms with Crippen molar-refractivity contribution in [3.63, 3.8) is 0 Å². The number of hydrogen-bond acceptors (Lipinski definition) is 4. The molecule has 1 rings (SSSR count). The summed E-state index contributed by atoms with van der Waals surface area (Å²) in [6.07, 6.45) is 0. The van der Waals surface area contributed by atoms with Crippen LogP contribution in [-0.4, -0.2) is 18.3 Å². The zero-order valence-electron chi connectivity index (χ0n) is 8.18. The molecule has 15 heavy (non-hydrogen) atoms. The number of carbonyl (C=O) groups excluding carboxylic acids is 1. The standard InChI is InChI=1S/C10H12FNO2S/c1-14-10(13)9(15)8(12)6-4-2-3-5-7(6)11/h2-5,8-9,15H,12H2,1H3/t8-,9-/m0/s1. The van der Waals surface area contributed by atoms with E-state index >= 15 is 0 Å². The fourth-order valence-electron chi connectivity index (χ4n) is 1.18. The number of hydrogen-bond donors (Lipinski definition) is 2. The quantitative estimate of drug-likeness (QED) is 0.606. The molecule has 0 saturated heterocycles. The molecule has 0 amide bonds. The van der Waals surface area contributed by atoms with Crippen molar-refractivity contribution >= 4 is 18.6 Å². The first-order valence-electron chi connectivity index (χ1n) is 4.34. The number of rotatable bonds is 3. The number of halogens is 1. The van der Waals surface area contributed by atoms with E-state index in [1.54, 1.807) is 12.1 Å². The summed E-state index contributed by atoms with van der Waals surface area (Å²) >= 11 is 3.99. The predicted octanol–water partition coefficient (Wildman–Crippen LogP) is 1.30. The van der Waals surface area contributed by atoms with E-state index in [4.69, 9.17) is 5.73 Å². The summed E-state index contributed by atoms with van der Waals surface area (Å²) in [4.78, 5) is 11.1. The van der Waals surface area contributed by atoms with E-state index in [9.17, 15) is 9.18 Å². The lowest BCUT2D eigenvalue weighted by atomic mass is 10.0. The number of esters is 1. The van der Waals surface area contributed by atoms with Crippen LogP contribution in [0.1, 0.15) is 11.6 Å². The summed E-state index contributed by atoms with van der Waals surface area (Å²) in [5.74, 6) is -1.03. The van der Waals surface area contributed by atoms with Gasteiger partial charge in [0, 0.05) is 5.56 Å². The molecule has 0 saturated carbocycles. The molecule has 3 nitrogen and oxygen atoms in total. The number of carbonyl (C=O) groups is 1. The maximum absolute atomic E-state index is 13.3. The van der Waals surface area contributed by atoms with Crippen molar-refractivity contribution in [3.8, 4) is 0 Å². The topological polar surface area (TPSA) is 52.3 Å². The third kappa shape index (κ3) is 2.70. The van der Waals surface area contributed by atoms with Gasteiger partial charge >= 0.3 is 5.97 Å². The van der Waals surface area contributed by atoms with E-state index in [-0.39, 0.29) is 5.56 Å². The molecule has 82 valence electrons. The van der Waals surface area contributed by atoms with Gasteiger partial charge in [-0.1, -0.05) is 18.2 Å². The molecule has 0 fully saturated rings. The third-order valence-corrected chi connectivity index (χ3v) is 2.58. The Hall–Kier alpha value is -1.07. The van der Waals surface area contributed by atoms with Crippen LogP contribution in [0.3, 0.4) is 0 Å². The minimum Gasteiger partial charge on any atom is -0.468 e. The molecule has 2 N–H and O–H groups in total. The zero-order valence-corrected chi connectivity index (χ0v) is 9.08. The van der Waals surface area contributed by atoms with Gasteiger partial charge in [-0.15, -0.1) is 0 Å². The second-order valence-corrected chi connectivity index (χ2v) is 3.57. The SMILES string of the molecule is COC(=O)[C@@H](S)[C@@H](N)c1ccccc1F. The first-order chi connectivity index (χ1) is 7.07. The van der Waals surface area contributed by atoms with E-state index < -0.39 is 23.1 Å². The van der Waals surface area contributed by atoms with E-state index in [1.807, 2.05) is 0 Å². The molecule has 0 aromatic heterocycles. The molecule has 0 heterocycles. The monoisotopic (exact) mass is 229 g/mol. The van der Waals surface area contributed by atoms with Crippen molar-refractivity contribution in [2.45, 2.75) is 11.3 Å². The minimum absolute atomic E-state index is 0.253. The highest BCUT2D eigenvalue weighted by Gasteiger charge is 2.25. The maximum Gasteiger partial charge on any atom is 0.320 e. The molecule has 5 heteroatoms. The van der Waals surface area contributed by atoms with Crippen LogP contribution >= 0.6 is 12.6 Å². The van der Waals surface area contributed by atoms with Crippen LogP contribution in [0.4, 0.5) is 4.39 Å². The second-order valence-electron chi connectivity index (χ2n) is 3.02. The van der Waals surface area contributed by atoms with Gasteiger partial charge in [-0.2, -0.15) is 12.6 Å². The highest BCUT2D eigenvalue weighted by molar-refractivity contribution is 7.81. The lowest BCUT2D eigenvalue weighted by Gasteiger charge is -2.17. The Morgan fingerprint density at radius 1 is 1.53 bits per heavy atom. The summed E-state index contributed by atoms with van der Waals surface area (Å²) in [7, 11) is 1.24. The minimum atomic E-state index is -0.869. The smallest absolute Gasteiger partial charge is 0.320 e. The number of nitrogens with two attached hydrogens (primary N) is 1. The van der Waals surface area contributed by atoms with Crippen LogP contribution < -0.4 is 5.73 Å². The van der Waals surface area contributed by atoms with Crippen LogP contribution in [0.25, 0.3) is 0 Å². The van der Waals surface area contributed by atoms with Crippen LogP contribution in [-0.2, 0) is 9.53 Å². The number of thiol groups is 1. The molecule has 0 radical (unpaired) electrons. The molecule has 2 atom stereocenters. The first kappa shape index (κ1) is 12.0. The Labute approximate surface area is 92.8 Å². The van der Waals surface area contributed by atoms with Crippen molar-refractivity contribution in [2.75, 3.05) is 7.11 Å². The molecular formula is C10H12FNO2S. The van der Waals surface area contributed by atoms with Crippen LogP contribution in [0.15, 0.2) is 24.3 Å². The Kier molecular flexibility index (Phi) is 4.11. The third-order valence-electron chi connectivity index (χ3n) is 2.05. The van der Waals surface area contributed by atoms with Gasteiger partial charge in [0.2, 0.25) is 0 Å². The van der Waals surface area contributed by atoms with Gasteiger partial charge in [0.25, 0.3) is 0 Å². The molecule has 0 unspecified atom stereocenters. The van der Waals surface area contributed by atoms with Gasteiger partial charge in [0.15, 0.2) is 0 Å². The Balaban J connectivity index is 2.89. The normalized spacial score (nSPS) is 14.4. The molecule has 0 bridgehead atoms. The molecule has 0 aliphatic carbocycles. The molecular weight excluding hydrogens is 217 g/mol. The van der Waals surface area contributed by atoms with E-state index in [2.05, 4.69) is 17.4 Å². The fraction of sp³-hybridized carbons (Fsp3) is 0.300. The average molecular weight is 229 g/mol. The predicted molar refractivity (Wildman–Crippen MR) is 58.1 cm³/mol. The second kappa shape index (κ2) is 5.14. The number of ether oxygens (including phenoxy) is 1. The lowest BCUT2D eigenvalue weighted by molar-refractivity contribution is -0.140.